The summed E-state index contributed by atoms with van der Waals surface area (Å²) >= 11 is 1.48. The zero-order chi connectivity index (χ0) is 21.9. The van der Waals surface area contributed by atoms with E-state index in [1.807, 2.05) is 53.0 Å². The molecule has 0 radical (unpaired) electrons. The van der Waals surface area contributed by atoms with Crippen molar-refractivity contribution in [2.24, 2.45) is 0 Å². The van der Waals surface area contributed by atoms with Crippen LogP contribution >= 0.6 is 11.3 Å². The second-order valence-corrected chi connectivity index (χ2v) is 9.54. The van der Waals surface area contributed by atoms with E-state index in [9.17, 15) is 4.79 Å². The lowest BCUT2D eigenvalue weighted by molar-refractivity contribution is 0.0427. The molecule has 2 aliphatic rings. The van der Waals surface area contributed by atoms with Crippen LogP contribution in [0.1, 0.15) is 41.0 Å². The van der Waals surface area contributed by atoms with E-state index in [0.29, 0.717) is 6.04 Å². The molecule has 5 rings (SSSR count). The summed E-state index contributed by atoms with van der Waals surface area (Å²) in [6, 6.07) is 8.34. The molecular weight excluding hydrogens is 422 g/mol. The number of piperidine rings is 2. The third-order valence-corrected chi connectivity index (χ3v) is 7.66. The van der Waals surface area contributed by atoms with E-state index >= 15 is 0 Å². The van der Waals surface area contributed by atoms with Crippen molar-refractivity contribution in [2.45, 2.75) is 44.8 Å². The average molecular weight is 452 g/mol. The molecule has 2 aliphatic heterocycles. The summed E-state index contributed by atoms with van der Waals surface area (Å²) in [7, 11) is 0. The number of aryl methyl sites for hydroxylation is 1. The van der Waals surface area contributed by atoms with Crippen molar-refractivity contribution in [2.75, 3.05) is 26.2 Å². The molecule has 0 N–H and O–H groups in total. The number of nitrogens with zero attached hydrogens (tertiary/aromatic N) is 5. The zero-order valence-corrected chi connectivity index (χ0v) is 19.2. The Balaban J connectivity index is 1.12. The lowest BCUT2D eigenvalue weighted by atomic mass is 9.98. The Morgan fingerprint density at radius 1 is 1.03 bits per heavy atom. The van der Waals surface area contributed by atoms with Gasteiger partial charge in [-0.1, -0.05) is 11.3 Å². The molecular formula is C24H29N5O2S. The molecule has 0 atom stereocenters. The third kappa shape index (κ3) is 4.56. The number of rotatable bonds is 5. The minimum absolute atomic E-state index is 0.126. The summed E-state index contributed by atoms with van der Waals surface area (Å²) in [4.78, 5) is 27.2. The monoisotopic (exact) mass is 451 g/mol. The quantitative estimate of drug-likeness (QED) is 0.591. The van der Waals surface area contributed by atoms with Crippen LogP contribution in [0.2, 0.25) is 0 Å². The highest BCUT2D eigenvalue weighted by atomic mass is 32.1. The standard InChI is InChI=1S/C24H29N5O2S/c1-18-22(32-24(26-18)29-12-2-3-13-29)23(30)28-14-6-19(7-15-28)27-16-8-21(9-17-27)31-20-4-10-25-11-5-20/h2-5,10-13,19,21H,6-9,14-17H2,1H3. The summed E-state index contributed by atoms with van der Waals surface area (Å²) in [6.07, 6.45) is 11.9. The first-order chi connectivity index (χ1) is 15.7. The van der Waals surface area contributed by atoms with Gasteiger partial charge in [0.2, 0.25) is 0 Å². The number of likely N-dealkylation sites (tertiary alicyclic amines) is 2. The highest BCUT2D eigenvalue weighted by molar-refractivity contribution is 7.16. The number of carbonyl (C=O) groups is 1. The lowest BCUT2D eigenvalue weighted by Crippen LogP contribution is -2.50. The Morgan fingerprint density at radius 2 is 1.72 bits per heavy atom. The van der Waals surface area contributed by atoms with Crippen molar-refractivity contribution in [1.82, 2.24) is 24.3 Å². The van der Waals surface area contributed by atoms with Gasteiger partial charge in [-0.05, 0) is 56.9 Å². The van der Waals surface area contributed by atoms with E-state index in [4.69, 9.17) is 4.74 Å². The molecule has 0 saturated carbocycles. The van der Waals surface area contributed by atoms with E-state index in [0.717, 1.165) is 73.3 Å². The number of carbonyl (C=O) groups excluding carboxylic acids is 1. The zero-order valence-electron chi connectivity index (χ0n) is 18.4. The third-order valence-electron chi connectivity index (χ3n) is 6.50. The maximum absolute atomic E-state index is 13.2. The highest BCUT2D eigenvalue weighted by Crippen LogP contribution is 2.27. The van der Waals surface area contributed by atoms with E-state index < -0.39 is 0 Å². The highest BCUT2D eigenvalue weighted by Gasteiger charge is 2.31. The number of hydrogen-bond donors (Lipinski definition) is 0. The summed E-state index contributed by atoms with van der Waals surface area (Å²) in [5, 5.41) is 0.850. The average Bonchev–Trinajstić information content (AvgIpc) is 3.50. The van der Waals surface area contributed by atoms with Crippen molar-refractivity contribution in [3.8, 4) is 10.9 Å². The Kier molecular flexibility index (Phi) is 6.23. The van der Waals surface area contributed by atoms with Crippen molar-refractivity contribution >= 4 is 17.2 Å². The van der Waals surface area contributed by atoms with Crippen LogP contribution in [0.5, 0.6) is 5.75 Å². The first kappa shape index (κ1) is 21.2. The fourth-order valence-corrected chi connectivity index (χ4v) is 5.70. The number of thiazole rings is 1. The molecule has 2 saturated heterocycles. The molecule has 0 spiro atoms. The fraction of sp³-hybridized carbons (Fsp3) is 0.458. The first-order valence-corrected chi connectivity index (χ1v) is 12.2. The van der Waals surface area contributed by atoms with Crippen LogP contribution in [0.3, 0.4) is 0 Å². The minimum Gasteiger partial charge on any atom is -0.490 e. The molecule has 3 aromatic rings. The van der Waals surface area contributed by atoms with Crippen LogP contribution < -0.4 is 4.74 Å². The number of amides is 1. The lowest BCUT2D eigenvalue weighted by Gasteiger charge is -2.41. The molecule has 3 aromatic heterocycles. The second kappa shape index (κ2) is 9.42. The molecule has 7 nitrogen and oxygen atoms in total. The molecule has 8 heteroatoms. The van der Waals surface area contributed by atoms with Gasteiger partial charge >= 0.3 is 0 Å². The molecule has 5 heterocycles. The number of ether oxygens (including phenoxy) is 1. The predicted molar refractivity (Wildman–Crippen MR) is 125 cm³/mol. The number of pyridine rings is 1. The molecule has 0 aliphatic carbocycles. The Hall–Kier alpha value is -2.71. The van der Waals surface area contributed by atoms with Gasteiger partial charge in [-0.3, -0.25) is 14.7 Å². The topological polar surface area (TPSA) is 63.5 Å². The second-order valence-electron chi connectivity index (χ2n) is 8.56. The van der Waals surface area contributed by atoms with Gasteiger partial charge in [0, 0.05) is 57.0 Å². The smallest absolute Gasteiger partial charge is 0.265 e. The maximum atomic E-state index is 13.2. The Labute approximate surface area is 192 Å². The van der Waals surface area contributed by atoms with Gasteiger partial charge in [0.25, 0.3) is 5.91 Å². The number of aromatic nitrogens is 3. The van der Waals surface area contributed by atoms with Gasteiger partial charge in [-0.15, -0.1) is 0 Å². The normalized spacial score (nSPS) is 18.7. The summed E-state index contributed by atoms with van der Waals surface area (Å²) in [5.74, 6) is 1.03. The molecule has 0 aromatic carbocycles. The van der Waals surface area contributed by atoms with Crippen LogP contribution in [0.4, 0.5) is 0 Å². The van der Waals surface area contributed by atoms with Crippen molar-refractivity contribution in [3.05, 3.63) is 59.6 Å². The van der Waals surface area contributed by atoms with Gasteiger partial charge in [-0.2, -0.15) is 0 Å². The summed E-state index contributed by atoms with van der Waals surface area (Å²) < 4.78 is 8.06. The Bertz CT molecular complexity index is 1020. The van der Waals surface area contributed by atoms with E-state index in [1.165, 1.54) is 11.3 Å². The van der Waals surface area contributed by atoms with Crippen molar-refractivity contribution < 1.29 is 9.53 Å². The van der Waals surface area contributed by atoms with Gasteiger partial charge in [0.15, 0.2) is 5.13 Å². The fourth-order valence-electron chi connectivity index (χ4n) is 4.70. The van der Waals surface area contributed by atoms with Crippen LogP contribution in [-0.2, 0) is 0 Å². The van der Waals surface area contributed by atoms with Gasteiger partial charge in [-0.25, -0.2) is 4.98 Å². The van der Waals surface area contributed by atoms with Crippen molar-refractivity contribution in [1.29, 1.82) is 0 Å². The van der Waals surface area contributed by atoms with E-state index in [-0.39, 0.29) is 12.0 Å². The van der Waals surface area contributed by atoms with E-state index in [2.05, 4.69) is 14.9 Å². The van der Waals surface area contributed by atoms with Gasteiger partial charge in [0.05, 0.1) is 5.69 Å². The number of hydrogen-bond acceptors (Lipinski definition) is 6. The molecule has 2 fully saturated rings. The SMILES string of the molecule is Cc1nc(-n2cccc2)sc1C(=O)N1CCC(N2CCC(Oc3ccncc3)CC2)CC1. The summed E-state index contributed by atoms with van der Waals surface area (Å²) in [6.45, 7) is 5.67. The van der Waals surface area contributed by atoms with Crippen LogP contribution in [0, 0.1) is 6.92 Å². The molecule has 32 heavy (non-hydrogen) atoms. The predicted octanol–water partition coefficient (Wildman–Crippen LogP) is 3.79. The van der Waals surface area contributed by atoms with Crippen LogP contribution in [0.25, 0.3) is 5.13 Å². The largest absolute Gasteiger partial charge is 0.490 e. The van der Waals surface area contributed by atoms with Gasteiger partial charge < -0.3 is 14.2 Å². The first-order valence-electron chi connectivity index (χ1n) is 11.4. The van der Waals surface area contributed by atoms with Gasteiger partial charge in [0.1, 0.15) is 16.7 Å². The minimum atomic E-state index is 0.126. The van der Waals surface area contributed by atoms with Crippen LogP contribution in [-0.4, -0.2) is 68.6 Å². The van der Waals surface area contributed by atoms with Crippen LogP contribution in [0.15, 0.2) is 49.1 Å². The molecule has 0 unspecified atom stereocenters. The maximum Gasteiger partial charge on any atom is 0.265 e. The van der Waals surface area contributed by atoms with Crippen molar-refractivity contribution in [3.63, 3.8) is 0 Å². The molecule has 168 valence electrons. The molecule has 1 amide bonds. The van der Waals surface area contributed by atoms with E-state index in [1.54, 1.807) is 12.4 Å². The summed E-state index contributed by atoms with van der Waals surface area (Å²) in [5.41, 5.74) is 0.821. The Morgan fingerprint density at radius 3 is 2.41 bits per heavy atom. The molecule has 0 bridgehead atoms.